The molecule has 1 fully saturated rings. The van der Waals surface area contributed by atoms with Crippen LogP contribution in [0.2, 0.25) is 0 Å². The zero-order valence-corrected chi connectivity index (χ0v) is 23.7. The molecule has 0 unspecified atom stereocenters. The summed E-state index contributed by atoms with van der Waals surface area (Å²) < 4.78 is 1.89. The summed E-state index contributed by atoms with van der Waals surface area (Å²) in [6.07, 6.45) is 3.55. The van der Waals surface area contributed by atoms with E-state index in [1.165, 1.54) is 6.07 Å². The van der Waals surface area contributed by atoms with Crippen molar-refractivity contribution in [1.82, 2.24) is 30.0 Å². The number of hydrogen-bond acceptors (Lipinski definition) is 7. The van der Waals surface area contributed by atoms with Crippen LogP contribution >= 0.6 is 0 Å². The number of carbonyl (C=O) groups is 1. The predicted octanol–water partition coefficient (Wildman–Crippen LogP) is 3.84. The molecule has 1 saturated heterocycles. The molecule has 210 valence electrons. The molecule has 1 amide bonds. The number of aromatic nitrogens is 4. The van der Waals surface area contributed by atoms with E-state index in [2.05, 4.69) is 39.0 Å². The minimum Gasteiger partial charge on any atom is -0.507 e. The Morgan fingerprint density at radius 1 is 1.02 bits per heavy atom. The molecule has 4 heterocycles. The third-order valence-corrected chi connectivity index (χ3v) is 7.57. The van der Waals surface area contributed by atoms with Gasteiger partial charge in [-0.3, -0.25) is 19.2 Å². The number of aromatic amines is 1. The highest BCUT2D eigenvalue weighted by atomic mass is 16.3. The molecule has 4 aromatic rings. The zero-order valence-electron chi connectivity index (χ0n) is 23.7. The van der Waals surface area contributed by atoms with Crippen LogP contribution in [0.5, 0.6) is 5.75 Å². The third-order valence-electron chi connectivity index (χ3n) is 7.57. The number of aromatic hydroxyl groups is 1. The van der Waals surface area contributed by atoms with Crippen LogP contribution in [0.15, 0.2) is 47.5 Å². The van der Waals surface area contributed by atoms with Crippen LogP contribution < -0.4 is 15.8 Å². The van der Waals surface area contributed by atoms with Crippen LogP contribution in [0.3, 0.4) is 0 Å². The van der Waals surface area contributed by atoms with Crippen molar-refractivity contribution in [3.63, 3.8) is 0 Å². The van der Waals surface area contributed by atoms with E-state index < -0.39 is 5.56 Å². The highest BCUT2D eigenvalue weighted by Gasteiger charge is 2.21. The Morgan fingerprint density at radius 3 is 2.40 bits per heavy atom. The summed E-state index contributed by atoms with van der Waals surface area (Å²) in [5, 5.41) is 18.3. The predicted molar refractivity (Wildman–Crippen MR) is 157 cm³/mol. The molecular formula is C30H37N7O3. The quantitative estimate of drug-likeness (QED) is 0.324. The van der Waals surface area contributed by atoms with E-state index in [1.54, 1.807) is 13.1 Å². The fourth-order valence-corrected chi connectivity index (χ4v) is 5.26. The molecule has 0 atom stereocenters. The second kappa shape index (κ2) is 11.1. The van der Waals surface area contributed by atoms with Gasteiger partial charge in [0.1, 0.15) is 11.6 Å². The third kappa shape index (κ3) is 5.44. The number of pyridine rings is 2. The molecule has 3 N–H and O–H groups in total. The molecular weight excluding hydrogens is 506 g/mol. The number of nitrogens with zero attached hydrogens (tertiary/aromatic N) is 5. The summed E-state index contributed by atoms with van der Waals surface area (Å²) in [7, 11) is 0. The van der Waals surface area contributed by atoms with E-state index in [0.29, 0.717) is 22.7 Å². The average molecular weight is 544 g/mol. The van der Waals surface area contributed by atoms with Crippen LogP contribution in [0.4, 0.5) is 5.82 Å². The first-order valence-corrected chi connectivity index (χ1v) is 13.8. The molecule has 0 aliphatic carbocycles. The number of nitrogens with one attached hydrogen (secondary N) is 2. The maximum atomic E-state index is 13.5. The van der Waals surface area contributed by atoms with Crippen LogP contribution in [0.25, 0.3) is 22.0 Å². The van der Waals surface area contributed by atoms with Crippen molar-refractivity contribution in [2.75, 3.05) is 31.1 Å². The molecule has 5 rings (SSSR count). The minimum absolute atomic E-state index is 0.0942. The Balaban J connectivity index is 1.44. The SMILES string of the molecule is Cc1cc(O)c(CNC(=O)c2cc(-c3ccc(N4CCN(C(C)C)CC4)nc3)cc3c2cnn3C(C)C)c(=O)[nH]1. The molecule has 0 saturated carbocycles. The lowest BCUT2D eigenvalue weighted by Gasteiger charge is -2.37. The van der Waals surface area contributed by atoms with E-state index in [0.717, 1.165) is 48.6 Å². The smallest absolute Gasteiger partial charge is 0.256 e. The molecule has 10 heteroatoms. The van der Waals surface area contributed by atoms with E-state index in [4.69, 9.17) is 4.98 Å². The highest BCUT2D eigenvalue weighted by molar-refractivity contribution is 6.08. The second-order valence-electron chi connectivity index (χ2n) is 11.0. The van der Waals surface area contributed by atoms with Crippen LogP contribution in [0, 0.1) is 6.92 Å². The van der Waals surface area contributed by atoms with Gasteiger partial charge in [0.25, 0.3) is 11.5 Å². The van der Waals surface area contributed by atoms with E-state index in [-0.39, 0.29) is 29.8 Å². The number of anilines is 1. The van der Waals surface area contributed by atoms with Gasteiger partial charge in [-0.15, -0.1) is 0 Å². The first kappa shape index (κ1) is 27.4. The number of hydrogen-bond donors (Lipinski definition) is 3. The van der Waals surface area contributed by atoms with Gasteiger partial charge < -0.3 is 20.3 Å². The van der Waals surface area contributed by atoms with Gasteiger partial charge in [-0.1, -0.05) is 0 Å². The van der Waals surface area contributed by atoms with Gasteiger partial charge in [-0.05, 0) is 70.5 Å². The maximum absolute atomic E-state index is 13.5. The summed E-state index contributed by atoms with van der Waals surface area (Å²) in [6.45, 7) is 14.0. The zero-order chi connectivity index (χ0) is 28.6. The normalized spacial score (nSPS) is 14.4. The van der Waals surface area contributed by atoms with Gasteiger partial charge >= 0.3 is 0 Å². The lowest BCUT2D eigenvalue weighted by atomic mass is 10.0. The summed E-state index contributed by atoms with van der Waals surface area (Å²) in [4.78, 5) is 38.0. The summed E-state index contributed by atoms with van der Waals surface area (Å²) in [6, 6.07) is 10.1. The minimum atomic E-state index is -0.430. The second-order valence-corrected chi connectivity index (χ2v) is 11.0. The van der Waals surface area contributed by atoms with Crippen molar-refractivity contribution in [1.29, 1.82) is 0 Å². The Bertz CT molecular complexity index is 1580. The van der Waals surface area contributed by atoms with Gasteiger partial charge in [-0.2, -0.15) is 5.10 Å². The monoisotopic (exact) mass is 543 g/mol. The molecule has 1 aliphatic rings. The fourth-order valence-electron chi connectivity index (χ4n) is 5.26. The van der Waals surface area contributed by atoms with Crippen molar-refractivity contribution in [2.45, 2.75) is 53.2 Å². The Morgan fingerprint density at radius 2 is 1.77 bits per heavy atom. The van der Waals surface area contributed by atoms with Gasteiger partial charge in [-0.25, -0.2) is 4.98 Å². The number of benzene rings is 1. The van der Waals surface area contributed by atoms with Crippen molar-refractivity contribution in [3.8, 4) is 16.9 Å². The Labute approximate surface area is 233 Å². The summed E-state index contributed by atoms with van der Waals surface area (Å²) in [5.74, 6) is 0.438. The van der Waals surface area contributed by atoms with Crippen molar-refractivity contribution in [2.24, 2.45) is 0 Å². The molecule has 3 aromatic heterocycles. The largest absolute Gasteiger partial charge is 0.507 e. The number of carbonyl (C=O) groups excluding carboxylic acids is 1. The highest BCUT2D eigenvalue weighted by Crippen LogP contribution is 2.30. The van der Waals surface area contributed by atoms with Crippen molar-refractivity contribution >= 4 is 22.6 Å². The number of piperazine rings is 1. The number of H-pyrrole nitrogens is 1. The van der Waals surface area contributed by atoms with Crippen LogP contribution in [-0.2, 0) is 6.54 Å². The first-order valence-electron chi connectivity index (χ1n) is 13.8. The Kier molecular flexibility index (Phi) is 7.62. The number of amides is 1. The van der Waals surface area contributed by atoms with Gasteiger partial charge in [0.2, 0.25) is 0 Å². The summed E-state index contributed by atoms with van der Waals surface area (Å²) >= 11 is 0. The molecule has 0 spiro atoms. The molecule has 40 heavy (non-hydrogen) atoms. The van der Waals surface area contributed by atoms with Gasteiger partial charge in [0.05, 0.1) is 29.4 Å². The molecule has 0 radical (unpaired) electrons. The lowest BCUT2D eigenvalue weighted by Crippen LogP contribution is -2.49. The molecule has 10 nitrogen and oxygen atoms in total. The first-order chi connectivity index (χ1) is 19.1. The van der Waals surface area contributed by atoms with E-state index >= 15 is 0 Å². The van der Waals surface area contributed by atoms with Gasteiger partial charge in [0, 0.05) is 61.1 Å². The number of rotatable bonds is 7. The Hall–Kier alpha value is -4.18. The molecule has 1 aromatic carbocycles. The average Bonchev–Trinajstić information content (AvgIpc) is 3.36. The van der Waals surface area contributed by atoms with E-state index in [1.807, 2.05) is 49.0 Å². The fraction of sp³-hybridized carbons (Fsp3) is 0.400. The maximum Gasteiger partial charge on any atom is 0.256 e. The lowest BCUT2D eigenvalue weighted by molar-refractivity contribution is 0.0952. The standard InChI is InChI=1S/C30H37N7O3/c1-18(2)35-8-10-36(11-9-35)28-7-6-21(15-31-28)22-13-23(24-17-33-37(19(3)4)26(24)14-22)29(39)32-16-25-27(38)12-20(5)34-30(25)40/h6-7,12-15,17-19H,8-11,16H2,1-5H3,(H,32,39)(H2,34,38,40). The van der Waals surface area contributed by atoms with E-state index in [9.17, 15) is 14.7 Å². The van der Waals surface area contributed by atoms with Gasteiger partial charge in [0.15, 0.2) is 0 Å². The number of aryl methyl sites for hydroxylation is 1. The summed E-state index contributed by atoms with van der Waals surface area (Å²) in [5.41, 5.74) is 3.24. The molecule has 0 bridgehead atoms. The molecule has 1 aliphatic heterocycles. The van der Waals surface area contributed by atoms with Crippen molar-refractivity contribution in [3.05, 3.63) is 69.9 Å². The van der Waals surface area contributed by atoms with Crippen molar-refractivity contribution < 1.29 is 9.90 Å². The topological polar surface area (TPSA) is 119 Å². The van der Waals surface area contributed by atoms with Crippen LogP contribution in [0.1, 0.15) is 55.4 Å². The van der Waals surface area contributed by atoms with Crippen LogP contribution in [-0.4, -0.2) is 67.9 Å². The number of fused-ring (bicyclic) bond motifs is 1.